The lowest BCUT2D eigenvalue weighted by molar-refractivity contribution is -0.384. The van der Waals surface area contributed by atoms with Crippen molar-refractivity contribution in [3.05, 3.63) is 67.4 Å². The van der Waals surface area contributed by atoms with Gasteiger partial charge in [-0.25, -0.2) is 4.39 Å². The Labute approximate surface area is 127 Å². The van der Waals surface area contributed by atoms with E-state index in [9.17, 15) is 14.5 Å². The minimum absolute atomic E-state index is 0.0769. The number of rotatable bonds is 4. The van der Waals surface area contributed by atoms with Crippen LogP contribution in [-0.2, 0) is 6.54 Å². The molecule has 0 bridgehead atoms. The van der Waals surface area contributed by atoms with Crippen LogP contribution in [0.25, 0.3) is 0 Å². The van der Waals surface area contributed by atoms with Crippen LogP contribution in [0.3, 0.4) is 0 Å². The Morgan fingerprint density at radius 3 is 2.70 bits per heavy atom. The SMILES string of the molecule is O=[N+]([O-])c1ccc(Cl)cc1NCc1ccc(Br)c(F)c1. The lowest BCUT2D eigenvalue weighted by Crippen LogP contribution is -2.03. The normalized spacial score (nSPS) is 10.3. The minimum Gasteiger partial charge on any atom is -0.375 e. The molecule has 0 aliphatic rings. The molecule has 104 valence electrons. The van der Waals surface area contributed by atoms with Gasteiger partial charge in [-0.15, -0.1) is 0 Å². The average molecular weight is 360 g/mol. The van der Waals surface area contributed by atoms with Crippen molar-refractivity contribution in [2.45, 2.75) is 6.54 Å². The first-order valence-electron chi connectivity index (χ1n) is 5.59. The molecule has 0 atom stereocenters. The zero-order chi connectivity index (χ0) is 14.7. The number of hydrogen-bond acceptors (Lipinski definition) is 3. The number of nitrogens with one attached hydrogen (secondary N) is 1. The molecule has 4 nitrogen and oxygen atoms in total. The zero-order valence-electron chi connectivity index (χ0n) is 10.1. The number of nitrogens with zero attached hydrogens (tertiary/aromatic N) is 1. The highest BCUT2D eigenvalue weighted by atomic mass is 79.9. The number of benzene rings is 2. The highest BCUT2D eigenvalue weighted by molar-refractivity contribution is 9.10. The second-order valence-corrected chi connectivity index (χ2v) is 5.31. The van der Waals surface area contributed by atoms with Gasteiger partial charge in [-0.1, -0.05) is 17.7 Å². The summed E-state index contributed by atoms with van der Waals surface area (Å²) in [7, 11) is 0. The average Bonchev–Trinajstić information content (AvgIpc) is 2.40. The van der Waals surface area contributed by atoms with Gasteiger partial charge in [0.1, 0.15) is 11.5 Å². The molecule has 2 rings (SSSR count). The molecule has 2 aromatic rings. The lowest BCUT2D eigenvalue weighted by Gasteiger charge is -2.08. The van der Waals surface area contributed by atoms with Crippen LogP contribution >= 0.6 is 27.5 Å². The first-order valence-corrected chi connectivity index (χ1v) is 6.76. The number of nitro groups is 1. The number of nitro benzene ring substituents is 1. The predicted molar refractivity (Wildman–Crippen MR) is 79.5 cm³/mol. The molecule has 0 heterocycles. The molecule has 0 saturated carbocycles. The predicted octanol–water partition coefficient (Wildman–Crippen LogP) is 4.76. The van der Waals surface area contributed by atoms with Crippen molar-refractivity contribution in [3.8, 4) is 0 Å². The van der Waals surface area contributed by atoms with E-state index < -0.39 is 4.92 Å². The monoisotopic (exact) mass is 358 g/mol. The first-order chi connectivity index (χ1) is 9.47. The van der Waals surface area contributed by atoms with Gasteiger partial charge in [0.25, 0.3) is 5.69 Å². The Bertz CT molecular complexity index is 667. The first kappa shape index (κ1) is 14.7. The molecule has 0 aromatic heterocycles. The van der Waals surface area contributed by atoms with Gasteiger partial charge in [0.05, 0.1) is 9.40 Å². The van der Waals surface area contributed by atoms with Crippen molar-refractivity contribution in [2.75, 3.05) is 5.32 Å². The summed E-state index contributed by atoms with van der Waals surface area (Å²) >= 11 is 8.88. The van der Waals surface area contributed by atoms with E-state index >= 15 is 0 Å². The third-order valence-corrected chi connectivity index (χ3v) is 3.50. The maximum absolute atomic E-state index is 13.4. The molecule has 2 aromatic carbocycles. The van der Waals surface area contributed by atoms with E-state index in [4.69, 9.17) is 11.6 Å². The van der Waals surface area contributed by atoms with E-state index in [1.807, 2.05) is 0 Å². The molecule has 7 heteroatoms. The van der Waals surface area contributed by atoms with Gasteiger partial charge in [-0.05, 0) is 45.8 Å². The lowest BCUT2D eigenvalue weighted by atomic mass is 10.2. The van der Waals surface area contributed by atoms with Crippen molar-refractivity contribution in [3.63, 3.8) is 0 Å². The van der Waals surface area contributed by atoms with Crippen LogP contribution in [0.1, 0.15) is 5.56 Å². The van der Waals surface area contributed by atoms with E-state index in [1.54, 1.807) is 12.1 Å². The van der Waals surface area contributed by atoms with Gasteiger partial charge in [0.2, 0.25) is 0 Å². The molecule has 0 unspecified atom stereocenters. The number of hydrogen-bond donors (Lipinski definition) is 1. The topological polar surface area (TPSA) is 55.2 Å². The summed E-state index contributed by atoms with van der Waals surface area (Å²) in [4.78, 5) is 10.4. The van der Waals surface area contributed by atoms with Crippen LogP contribution in [0.15, 0.2) is 40.9 Å². The van der Waals surface area contributed by atoms with Gasteiger partial charge < -0.3 is 5.32 Å². The fraction of sp³-hybridized carbons (Fsp3) is 0.0769. The number of halogens is 3. The molecule has 0 saturated heterocycles. The molecule has 0 amide bonds. The molecule has 0 radical (unpaired) electrons. The third kappa shape index (κ3) is 3.46. The van der Waals surface area contributed by atoms with Crippen LogP contribution in [0.2, 0.25) is 5.02 Å². The van der Waals surface area contributed by atoms with Crippen LogP contribution in [0, 0.1) is 15.9 Å². The maximum atomic E-state index is 13.4. The molecular weight excluding hydrogens is 351 g/mol. The van der Waals surface area contributed by atoms with Gasteiger partial charge in [0, 0.05) is 17.6 Å². The molecule has 1 N–H and O–H groups in total. The summed E-state index contributed by atoms with van der Waals surface area (Å²) in [6.07, 6.45) is 0. The highest BCUT2D eigenvalue weighted by Gasteiger charge is 2.13. The fourth-order valence-electron chi connectivity index (χ4n) is 1.66. The smallest absolute Gasteiger partial charge is 0.292 e. The second kappa shape index (κ2) is 6.19. The minimum atomic E-state index is -0.499. The Morgan fingerprint density at radius 2 is 2.05 bits per heavy atom. The maximum Gasteiger partial charge on any atom is 0.292 e. The summed E-state index contributed by atoms with van der Waals surface area (Å²) < 4.78 is 13.7. The van der Waals surface area contributed by atoms with E-state index in [1.165, 1.54) is 24.3 Å². The molecule has 0 aliphatic heterocycles. The quantitative estimate of drug-likeness (QED) is 0.632. The van der Waals surface area contributed by atoms with Gasteiger partial charge in [-0.3, -0.25) is 10.1 Å². The Hall–Kier alpha value is -1.66. The van der Waals surface area contributed by atoms with Crippen molar-refractivity contribution >= 4 is 38.9 Å². The molecular formula is C13H9BrClFN2O2. The standard InChI is InChI=1S/C13H9BrClFN2O2/c14-10-3-1-8(5-11(10)16)7-17-12-6-9(15)2-4-13(12)18(19)20/h1-6,17H,7H2. The largest absolute Gasteiger partial charge is 0.375 e. The molecule has 0 fully saturated rings. The molecule has 0 spiro atoms. The van der Waals surface area contributed by atoms with E-state index in [-0.39, 0.29) is 18.0 Å². The Balaban J connectivity index is 2.20. The molecule has 20 heavy (non-hydrogen) atoms. The van der Waals surface area contributed by atoms with E-state index in [0.717, 1.165) is 0 Å². The van der Waals surface area contributed by atoms with Crippen LogP contribution in [0.5, 0.6) is 0 Å². The zero-order valence-corrected chi connectivity index (χ0v) is 12.4. The third-order valence-electron chi connectivity index (χ3n) is 2.62. The summed E-state index contributed by atoms with van der Waals surface area (Å²) in [5.74, 6) is -0.384. The summed E-state index contributed by atoms with van der Waals surface area (Å²) in [6, 6.07) is 8.90. The van der Waals surface area contributed by atoms with Gasteiger partial charge in [-0.2, -0.15) is 0 Å². The second-order valence-electron chi connectivity index (χ2n) is 4.02. The van der Waals surface area contributed by atoms with E-state index in [2.05, 4.69) is 21.2 Å². The van der Waals surface area contributed by atoms with Crippen LogP contribution in [-0.4, -0.2) is 4.92 Å². The summed E-state index contributed by atoms with van der Waals surface area (Å²) in [6.45, 7) is 0.255. The van der Waals surface area contributed by atoms with Crippen molar-refractivity contribution in [2.24, 2.45) is 0 Å². The van der Waals surface area contributed by atoms with Crippen molar-refractivity contribution in [1.29, 1.82) is 0 Å². The van der Waals surface area contributed by atoms with Crippen molar-refractivity contribution < 1.29 is 9.31 Å². The fourth-order valence-corrected chi connectivity index (χ4v) is 2.07. The molecule has 0 aliphatic carbocycles. The van der Waals surface area contributed by atoms with Crippen molar-refractivity contribution in [1.82, 2.24) is 0 Å². The summed E-state index contributed by atoms with van der Waals surface area (Å²) in [5.41, 5.74) is 0.887. The van der Waals surface area contributed by atoms with Crippen LogP contribution in [0.4, 0.5) is 15.8 Å². The Kier molecular flexibility index (Phi) is 4.57. The van der Waals surface area contributed by atoms with Gasteiger partial charge in [0.15, 0.2) is 0 Å². The van der Waals surface area contributed by atoms with Gasteiger partial charge >= 0.3 is 0 Å². The van der Waals surface area contributed by atoms with Crippen LogP contribution < -0.4 is 5.32 Å². The number of anilines is 1. The summed E-state index contributed by atoms with van der Waals surface area (Å²) in [5, 5.41) is 14.2. The Morgan fingerprint density at radius 1 is 1.30 bits per heavy atom. The van der Waals surface area contributed by atoms with E-state index in [0.29, 0.717) is 20.7 Å². The highest BCUT2D eigenvalue weighted by Crippen LogP contribution is 2.28.